The number of carbonyl (C=O) groups excluding carboxylic acids is 1. The topological polar surface area (TPSA) is 60.0 Å². The Morgan fingerprint density at radius 3 is 2.69 bits per heavy atom. The second-order valence-electron chi connectivity index (χ2n) is 7.12. The van der Waals surface area contributed by atoms with Crippen molar-refractivity contribution >= 4 is 5.91 Å². The van der Waals surface area contributed by atoms with E-state index in [1.54, 1.807) is 12.0 Å². The van der Waals surface area contributed by atoms with Gasteiger partial charge in [0, 0.05) is 19.6 Å². The van der Waals surface area contributed by atoms with Gasteiger partial charge < -0.3 is 24.4 Å². The lowest BCUT2D eigenvalue weighted by Crippen LogP contribution is -2.43. The molecule has 0 radical (unpaired) electrons. The van der Waals surface area contributed by atoms with Gasteiger partial charge in [0.2, 0.25) is 0 Å². The molecule has 0 bridgehead atoms. The Morgan fingerprint density at radius 1 is 1.14 bits per heavy atom. The number of nitrogens with one attached hydrogen (secondary N) is 1. The molecule has 0 aliphatic carbocycles. The highest BCUT2D eigenvalue weighted by Gasteiger charge is 2.18. The Balaban J connectivity index is 1.47. The van der Waals surface area contributed by atoms with E-state index in [1.165, 1.54) is 11.1 Å². The van der Waals surface area contributed by atoms with Crippen molar-refractivity contribution in [2.24, 2.45) is 0 Å². The maximum Gasteiger partial charge on any atom is 0.260 e. The van der Waals surface area contributed by atoms with Crippen LogP contribution in [0.4, 0.5) is 0 Å². The van der Waals surface area contributed by atoms with E-state index in [4.69, 9.17) is 14.2 Å². The summed E-state index contributed by atoms with van der Waals surface area (Å²) in [5.74, 6) is 1.19. The number of hydrogen-bond donors (Lipinski definition) is 1. The number of hydrogen-bond acceptors (Lipinski definition) is 5. The molecule has 29 heavy (non-hydrogen) atoms. The van der Waals surface area contributed by atoms with Crippen LogP contribution in [0.3, 0.4) is 0 Å². The smallest absolute Gasteiger partial charge is 0.260 e. The minimum Gasteiger partial charge on any atom is -0.493 e. The summed E-state index contributed by atoms with van der Waals surface area (Å²) in [5.41, 5.74) is 3.80. The summed E-state index contributed by atoms with van der Waals surface area (Å²) in [4.78, 5) is 14.0. The first-order valence-corrected chi connectivity index (χ1v) is 10.1. The van der Waals surface area contributed by atoms with Crippen LogP contribution < -0.4 is 14.8 Å². The number of nitrogens with zero attached hydrogens (tertiary/aromatic N) is 1. The van der Waals surface area contributed by atoms with E-state index in [2.05, 4.69) is 36.5 Å². The third-order valence-electron chi connectivity index (χ3n) is 5.10. The number of morpholine rings is 1. The average molecular weight is 399 g/mol. The molecule has 6 heteroatoms. The van der Waals surface area contributed by atoms with Gasteiger partial charge in [0.05, 0.1) is 20.3 Å². The number of ether oxygens (including phenoxy) is 3. The van der Waals surface area contributed by atoms with Crippen molar-refractivity contribution < 1.29 is 19.0 Å². The first kappa shape index (κ1) is 21.1. The fourth-order valence-corrected chi connectivity index (χ4v) is 3.33. The number of methoxy groups -OCH3 is 1. The van der Waals surface area contributed by atoms with Crippen molar-refractivity contribution in [2.45, 2.75) is 19.9 Å². The molecule has 1 fully saturated rings. The molecular weight excluding hydrogens is 368 g/mol. The second kappa shape index (κ2) is 10.8. The summed E-state index contributed by atoms with van der Waals surface area (Å²) in [7, 11) is 1.61. The highest BCUT2D eigenvalue weighted by Crippen LogP contribution is 2.28. The Morgan fingerprint density at radius 2 is 1.93 bits per heavy atom. The largest absolute Gasteiger partial charge is 0.493 e. The third-order valence-corrected chi connectivity index (χ3v) is 5.10. The quantitative estimate of drug-likeness (QED) is 0.658. The van der Waals surface area contributed by atoms with Crippen molar-refractivity contribution in [3.63, 3.8) is 0 Å². The van der Waals surface area contributed by atoms with E-state index in [-0.39, 0.29) is 12.5 Å². The van der Waals surface area contributed by atoms with Gasteiger partial charge in [-0.05, 0) is 48.7 Å². The molecule has 3 rings (SSSR count). The Hall–Kier alpha value is -2.57. The van der Waals surface area contributed by atoms with Crippen LogP contribution in [0.15, 0.2) is 42.5 Å². The molecule has 0 saturated carbocycles. The van der Waals surface area contributed by atoms with E-state index < -0.39 is 0 Å². The van der Waals surface area contributed by atoms with Crippen LogP contribution in [-0.2, 0) is 22.5 Å². The van der Waals surface area contributed by atoms with Crippen LogP contribution in [0.1, 0.15) is 16.7 Å². The number of amides is 1. The molecule has 2 aromatic rings. The number of aryl methyl sites for hydroxylation is 1. The first-order chi connectivity index (χ1) is 14.2. The van der Waals surface area contributed by atoms with E-state index in [0.717, 1.165) is 25.1 Å². The summed E-state index contributed by atoms with van der Waals surface area (Å²) in [6.07, 6.45) is 0.995. The van der Waals surface area contributed by atoms with Gasteiger partial charge in [0.1, 0.15) is 0 Å². The zero-order chi connectivity index (χ0) is 20.5. The molecule has 1 saturated heterocycles. The fourth-order valence-electron chi connectivity index (χ4n) is 3.33. The van der Waals surface area contributed by atoms with Crippen molar-refractivity contribution in [3.8, 4) is 11.5 Å². The van der Waals surface area contributed by atoms with Gasteiger partial charge in [0.15, 0.2) is 18.1 Å². The van der Waals surface area contributed by atoms with Crippen molar-refractivity contribution in [1.29, 1.82) is 0 Å². The summed E-state index contributed by atoms with van der Waals surface area (Å²) in [6, 6.07) is 14.3. The molecule has 0 unspecified atom stereocenters. The maximum absolute atomic E-state index is 12.2. The SMILES string of the molecule is COc1cc(CNCCc2ccccc2C)ccc1OCC(=O)N1CCOCC1. The predicted octanol–water partition coefficient (Wildman–Crippen LogP) is 2.57. The molecule has 1 amide bonds. The first-order valence-electron chi connectivity index (χ1n) is 10.1. The van der Waals surface area contributed by atoms with Crippen LogP contribution in [0.25, 0.3) is 0 Å². The molecule has 0 atom stereocenters. The molecule has 1 aliphatic heterocycles. The number of carbonyl (C=O) groups is 1. The van der Waals surface area contributed by atoms with Gasteiger partial charge >= 0.3 is 0 Å². The van der Waals surface area contributed by atoms with Crippen molar-refractivity contribution in [3.05, 3.63) is 59.2 Å². The lowest BCUT2D eigenvalue weighted by Gasteiger charge is -2.26. The van der Waals surface area contributed by atoms with Gasteiger partial charge in [-0.3, -0.25) is 4.79 Å². The minimum atomic E-state index is -0.0303. The zero-order valence-corrected chi connectivity index (χ0v) is 17.3. The van der Waals surface area contributed by atoms with Gasteiger partial charge in [-0.15, -0.1) is 0 Å². The normalized spacial score (nSPS) is 13.9. The molecular formula is C23H30N2O4. The fraction of sp³-hybridized carbons (Fsp3) is 0.435. The molecule has 1 N–H and O–H groups in total. The Kier molecular flexibility index (Phi) is 7.90. The Labute approximate surface area is 172 Å². The van der Waals surface area contributed by atoms with Gasteiger partial charge in [-0.25, -0.2) is 0 Å². The lowest BCUT2D eigenvalue weighted by atomic mass is 10.1. The van der Waals surface area contributed by atoms with Crippen LogP contribution >= 0.6 is 0 Å². The van der Waals surface area contributed by atoms with Gasteiger partial charge in [-0.2, -0.15) is 0 Å². The molecule has 1 aliphatic rings. The predicted molar refractivity (Wildman–Crippen MR) is 112 cm³/mol. The number of benzene rings is 2. The Bertz CT molecular complexity index is 803. The van der Waals surface area contributed by atoms with Crippen LogP contribution in [-0.4, -0.2) is 57.4 Å². The lowest BCUT2D eigenvalue weighted by molar-refractivity contribution is -0.137. The standard InChI is InChI=1S/C23H30N2O4/c1-18-5-3-4-6-20(18)9-10-24-16-19-7-8-21(22(15-19)27-2)29-17-23(26)25-11-13-28-14-12-25/h3-8,15,24H,9-14,16-17H2,1-2H3. The molecule has 1 heterocycles. The number of rotatable bonds is 9. The minimum absolute atomic E-state index is 0.00435. The van der Waals surface area contributed by atoms with Crippen LogP contribution in [0.5, 0.6) is 11.5 Å². The zero-order valence-electron chi connectivity index (χ0n) is 17.3. The van der Waals surface area contributed by atoms with E-state index in [1.807, 2.05) is 18.2 Å². The maximum atomic E-state index is 12.2. The second-order valence-corrected chi connectivity index (χ2v) is 7.12. The van der Waals surface area contributed by atoms with E-state index in [0.29, 0.717) is 37.8 Å². The average Bonchev–Trinajstić information content (AvgIpc) is 2.77. The molecule has 0 spiro atoms. The highest BCUT2D eigenvalue weighted by molar-refractivity contribution is 5.78. The third kappa shape index (κ3) is 6.21. The van der Waals surface area contributed by atoms with Crippen LogP contribution in [0.2, 0.25) is 0 Å². The summed E-state index contributed by atoms with van der Waals surface area (Å²) in [6.45, 7) is 6.20. The van der Waals surface area contributed by atoms with Crippen LogP contribution in [0, 0.1) is 6.92 Å². The highest BCUT2D eigenvalue weighted by atomic mass is 16.5. The molecule has 2 aromatic carbocycles. The van der Waals surface area contributed by atoms with E-state index in [9.17, 15) is 4.79 Å². The van der Waals surface area contributed by atoms with E-state index >= 15 is 0 Å². The molecule has 6 nitrogen and oxygen atoms in total. The monoisotopic (exact) mass is 398 g/mol. The van der Waals surface area contributed by atoms with Crippen molar-refractivity contribution in [2.75, 3.05) is 46.6 Å². The van der Waals surface area contributed by atoms with Gasteiger partial charge in [0.25, 0.3) is 5.91 Å². The van der Waals surface area contributed by atoms with Crippen molar-refractivity contribution in [1.82, 2.24) is 10.2 Å². The summed E-state index contributed by atoms with van der Waals surface area (Å²) >= 11 is 0. The molecule has 156 valence electrons. The van der Waals surface area contributed by atoms with Gasteiger partial charge in [-0.1, -0.05) is 30.3 Å². The molecule has 0 aromatic heterocycles. The summed E-state index contributed by atoms with van der Waals surface area (Å²) in [5, 5.41) is 3.47. The summed E-state index contributed by atoms with van der Waals surface area (Å²) < 4.78 is 16.4.